The summed E-state index contributed by atoms with van der Waals surface area (Å²) in [6, 6.07) is 4.51. The van der Waals surface area contributed by atoms with Crippen LogP contribution in [0.4, 0.5) is 0 Å². The zero-order valence-electron chi connectivity index (χ0n) is 15.2. The molecule has 144 valence electrons. The van der Waals surface area contributed by atoms with Gasteiger partial charge in [0.05, 0.1) is 5.02 Å². The molecule has 1 heterocycles. The molecule has 1 aromatic carbocycles. The number of sulfonamides is 1. The van der Waals surface area contributed by atoms with Crippen LogP contribution in [0.25, 0.3) is 0 Å². The third kappa shape index (κ3) is 4.41. The molecular weight excluding hydrogens is 372 g/mol. The minimum atomic E-state index is -3.69. The quantitative estimate of drug-likeness (QED) is 0.822. The lowest BCUT2D eigenvalue weighted by atomic mass is 10.0. The lowest BCUT2D eigenvalue weighted by Gasteiger charge is -2.30. The molecule has 0 spiro atoms. The van der Waals surface area contributed by atoms with E-state index in [1.165, 1.54) is 29.3 Å². The van der Waals surface area contributed by atoms with Crippen molar-refractivity contribution in [2.45, 2.75) is 50.3 Å². The van der Waals surface area contributed by atoms with Crippen molar-refractivity contribution in [1.29, 1.82) is 0 Å². The maximum Gasteiger partial charge on any atom is 0.251 e. The summed E-state index contributed by atoms with van der Waals surface area (Å²) in [6.45, 7) is 3.70. The second-order valence-electron chi connectivity index (χ2n) is 7.62. The van der Waals surface area contributed by atoms with E-state index in [1.54, 1.807) is 6.07 Å². The van der Waals surface area contributed by atoms with Crippen LogP contribution in [0.15, 0.2) is 23.1 Å². The Kier molecular flexibility index (Phi) is 6.25. The highest BCUT2D eigenvalue weighted by Crippen LogP contribution is 2.29. The third-order valence-corrected chi connectivity index (χ3v) is 7.80. The number of benzene rings is 1. The van der Waals surface area contributed by atoms with E-state index >= 15 is 0 Å². The maximum atomic E-state index is 13.0. The molecule has 26 heavy (non-hydrogen) atoms. The number of amides is 1. The molecule has 0 radical (unpaired) electrons. The van der Waals surface area contributed by atoms with E-state index in [-0.39, 0.29) is 15.8 Å². The molecule has 1 aliphatic carbocycles. The third-order valence-electron chi connectivity index (χ3n) is 5.46. The van der Waals surface area contributed by atoms with Gasteiger partial charge in [0, 0.05) is 25.2 Å². The summed E-state index contributed by atoms with van der Waals surface area (Å²) in [7, 11) is -3.69. The first-order valence-electron chi connectivity index (χ1n) is 9.46. The Balaban J connectivity index is 1.77. The predicted molar refractivity (Wildman–Crippen MR) is 103 cm³/mol. The highest BCUT2D eigenvalue weighted by atomic mass is 35.5. The first kappa shape index (κ1) is 19.6. The van der Waals surface area contributed by atoms with Crippen LogP contribution in [0.5, 0.6) is 0 Å². The Morgan fingerprint density at radius 2 is 1.96 bits per heavy atom. The van der Waals surface area contributed by atoms with E-state index in [0.717, 1.165) is 25.7 Å². The van der Waals surface area contributed by atoms with Crippen molar-refractivity contribution in [3.05, 3.63) is 28.8 Å². The van der Waals surface area contributed by atoms with Gasteiger partial charge in [-0.25, -0.2) is 8.42 Å². The van der Waals surface area contributed by atoms with Gasteiger partial charge < -0.3 is 5.32 Å². The Hall–Kier alpha value is -1.11. The van der Waals surface area contributed by atoms with Crippen LogP contribution in [-0.2, 0) is 10.0 Å². The van der Waals surface area contributed by atoms with E-state index in [4.69, 9.17) is 11.6 Å². The monoisotopic (exact) mass is 398 g/mol. The summed E-state index contributed by atoms with van der Waals surface area (Å²) < 4.78 is 27.5. The van der Waals surface area contributed by atoms with Gasteiger partial charge in [0.15, 0.2) is 0 Å². The first-order valence-corrected chi connectivity index (χ1v) is 11.3. The van der Waals surface area contributed by atoms with Crippen LogP contribution in [0, 0.1) is 11.8 Å². The molecule has 2 aliphatic rings. The molecular formula is C19H27ClN2O3S. The lowest BCUT2D eigenvalue weighted by molar-refractivity contribution is 0.0947. The summed E-state index contributed by atoms with van der Waals surface area (Å²) in [5.74, 6) is 0.622. The van der Waals surface area contributed by atoms with Gasteiger partial charge in [-0.05, 0) is 55.7 Å². The van der Waals surface area contributed by atoms with Gasteiger partial charge in [0.25, 0.3) is 5.91 Å². The van der Waals surface area contributed by atoms with E-state index < -0.39 is 10.0 Å². The van der Waals surface area contributed by atoms with E-state index in [9.17, 15) is 13.2 Å². The highest BCUT2D eigenvalue weighted by Gasteiger charge is 2.31. The van der Waals surface area contributed by atoms with Crippen LogP contribution in [0.1, 0.15) is 55.8 Å². The zero-order chi connectivity index (χ0) is 18.7. The van der Waals surface area contributed by atoms with Crippen LogP contribution in [0.3, 0.4) is 0 Å². The Morgan fingerprint density at radius 3 is 2.65 bits per heavy atom. The molecule has 1 saturated heterocycles. The first-order chi connectivity index (χ1) is 12.4. The van der Waals surface area contributed by atoms with Crippen molar-refractivity contribution in [2.75, 3.05) is 19.6 Å². The van der Waals surface area contributed by atoms with Gasteiger partial charge in [0.2, 0.25) is 10.0 Å². The molecule has 7 heteroatoms. The predicted octanol–water partition coefficient (Wildman–Crippen LogP) is 3.68. The molecule has 0 aromatic heterocycles. The van der Waals surface area contributed by atoms with E-state index in [1.807, 2.05) is 0 Å². The van der Waals surface area contributed by atoms with Crippen LogP contribution in [0.2, 0.25) is 5.02 Å². The number of nitrogens with one attached hydrogen (secondary N) is 1. The van der Waals surface area contributed by atoms with Crippen LogP contribution < -0.4 is 5.32 Å². The number of nitrogens with zero attached hydrogens (tertiary/aromatic N) is 1. The standard InChI is InChI=1S/C19H27ClN2O3S/c1-14-5-4-10-22(13-14)26(24,25)18-11-16(8-9-17(18)20)19(23)21-12-15-6-2-3-7-15/h8-9,11,14-15H,2-7,10,12-13H2,1H3,(H,21,23). The van der Waals surface area contributed by atoms with Gasteiger partial charge in [0.1, 0.15) is 4.90 Å². The van der Waals surface area contributed by atoms with Gasteiger partial charge in [-0.2, -0.15) is 4.31 Å². The highest BCUT2D eigenvalue weighted by molar-refractivity contribution is 7.89. The Labute approximate surface area is 161 Å². The minimum absolute atomic E-state index is 0.0294. The van der Waals surface area contributed by atoms with Gasteiger partial charge >= 0.3 is 0 Å². The zero-order valence-corrected chi connectivity index (χ0v) is 16.8. The molecule has 1 aromatic rings. The molecule has 3 rings (SSSR count). The minimum Gasteiger partial charge on any atom is -0.352 e. The molecule has 0 bridgehead atoms. The SMILES string of the molecule is CC1CCCN(S(=O)(=O)c2cc(C(=O)NCC3CCCC3)ccc2Cl)C1. The molecule has 5 nitrogen and oxygen atoms in total. The fourth-order valence-corrected chi connectivity index (χ4v) is 6.00. The second kappa shape index (κ2) is 8.28. The van der Waals surface area contributed by atoms with Crippen molar-refractivity contribution in [3.8, 4) is 0 Å². The Bertz CT molecular complexity index is 760. The normalized spacial score (nSPS) is 22.5. The van der Waals surface area contributed by atoms with Gasteiger partial charge in [-0.15, -0.1) is 0 Å². The topological polar surface area (TPSA) is 66.5 Å². The number of hydrogen-bond donors (Lipinski definition) is 1. The fourth-order valence-electron chi connectivity index (χ4n) is 3.90. The van der Waals surface area contributed by atoms with Gasteiger partial charge in [-0.3, -0.25) is 4.79 Å². The number of rotatable bonds is 5. The summed E-state index contributed by atoms with van der Waals surface area (Å²) in [6.07, 6.45) is 6.61. The fraction of sp³-hybridized carbons (Fsp3) is 0.632. The molecule has 1 amide bonds. The van der Waals surface area contributed by atoms with Crippen molar-refractivity contribution in [3.63, 3.8) is 0 Å². The van der Waals surface area contributed by atoms with Crippen molar-refractivity contribution < 1.29 is 13.2 Å². The average Bonchev–Trinajstić information content (AvgIpc) is 3.13. The van der Waals surface area contributed by atoms with Crippen molar-refractivity contribution >= 4 is 27.5 Å². The molecule has 1 aliphatic heterocycles. The molecule has 1 unspecified atom stereocenters. The summed E-state index contributed by atoms with van der Waals surface area (Å²) in [4.78, 5) is 12.5. The number of hydrogen-bond acceptors (Lipinski definition) is 3. The second-order valence-corrected chi connectivity index (χ2v) is 9.93. The molecule has 1 atom stereocenters. The average molecular weight is 399 g/mol. The van der Waals surface area contributed by atoms with Crippen LogP contribution >= 0.6 is 11.6 Å². The number of carbonyl (C=O) groups excluding carboxylic acids is 1. The summed E-state index contributed by atoms with van der Waals surface area (Å²) in [5.41, 5.74) is 0.344. The summed E-state index contributed by atoms with van der Waals surface area (Å²) in [5, 5.41) is 3.10. The summed E-state index contributed by atoms with van der Waals surface area (Å²) >= 11 is 6.18. The molecule has 1 N–H and O–H groups in total. The lowest BCUT2D eigenvalue weighted by Crippen LogP contribution is -2.39. The van der Waals surface area contributed by atoms with E-state index in [2.05, 4.69) is 12.2 Å². The van der Waals surface area contributed by atoms with Crippen LogP contribution in [-0.4, -0.2) is 38.3 Å². The Morgan fingerprint density at radius 1 is 1.23 bits per heavy atom. The molecule has 1 saturated carbocycles. The molecule has 2 fully saturated rings. The smallest absolute Gasteiger partial charge is 0.251 e. The van der Waals surface area contributed by atoms with Crippen molar-refractivity contribution in [2.24, 2.45) is 11.8 Å². The van der Waals surface area contributed by atoms with Crippen molar-refractivity contribution in [1.82, 2.24) is 9.62 Å². The number of carbonyl (C=O) groups is 1. The number of halogens is 1. The maximum absolute atomic E-state index is 13.0. The van der Waals surface area contributed by atoms with Gasteiger partial charge in [-0.1, -0.05) is 31.4 Å². The van der Waals surface area contributed by atoms with E-state index in [0.29, 0.717) is 37.0 Å². The number of piperidine rings is 1. The largest absolute Gasteiger partial charge is 0.352 e.